The Bertz CT molecular complexity index is 523. The Morgan fingerprint density at radius 3 is 2.61 bits per heavy atom. The lowest BCUT2D eigenvalue weighted by Crippen LogP contribution is -2.19. The van der Waals surface area contributed by atoms with Gasteiger partial charge in [-0.05, 0) is 11.1 Å². The van der Waals surface area contributed by atoms with E-state index in [4.69, 9.17) is 5.11 Å². The second kappa shape index (κ2) is 4.94. The zero-order valence-electron chi connectivity index (χ0n) is 11.2. The number of aromatic nitrogens is 2. The van der Waals surface area contributed by atoms with Gasteiger partial charge in [-0.2, -0.15) is 0 Å². The lowest BCUT2D eigenvalue weighted by Gasteiger charge is -2.20. The van der Waals surface area contributed by atoms with Gasteiger partial charge >= 0.3 is 0 Å². The normalized spacial score (nSPS) is 11.8. The molecule has 2 rings (SSSR count). The minimum Gasteiger partial charge on any atom is -0.392 e. The quantitative estimate of drug-likeness (QED) is 0.901. The third kappa shape index (κ3) is 2.79. The highest BCUT2D eigenvalue weighted by Crippen LogP contribution is 2.21. The number of nitrogens with zero attached hydrogens (tertiary/aromatic N) is 2. The van der Waals surface area contributed by atoms with Crippen molar-refractivity contribution in [3.63, 3.8) is 0 Å². The third-order valence-electron chi connectivity index (χ3n) is 2.91. The van der Waals surface area contributed by atoms with E-state index in [1.54, 1.807) is 0 Å². The Kier molecular flexibility index (Phi) is 3.53. The molecule has 3 nitrogen and oxygen atoms in total. The molecule has 2 aromatic rings. The van der Waals surface area contributed by atoms with Crippen molar-refractivity contribution < 1.29 is 5.11 Å². The van der Waals surface area contributed by atoms with Gasteiger partial charge in [0.15, 0.2) is 0 Å². The number of aliphatic hydroxyl groups is 1. The number of benzene rings is 1. The van der Waals surface area contributed by atoms with E-state index in [0.717, 1.165) is 17.9 Å². The minimum atomic E-state index is 0.0398. The summed E-state index contributed by atoms with van der Waals surface area (Å²) in [6.45, 7) is 7.37. The molecule has 1 N–H and O–H groups in total. The van der Waals surface area contributed by atoms with Crippen LogP contribution in [0.2, 0.25) is 0 Å². The van der Waals surface area contributed by atoms with Crippen molar-refractivity contribution in [2.75, 3.05) is 0 Å². The van der Waals surface area contributed by atoms with E-state index in [-0.39, 0.29) is 12.0 Å². The molecule has 96 valence electrons. The molecule has 1 aromatic heterocycles. The van der Waals surface area contributed by atoms with Gasteiger partial charge in [-0.15, -0.1) is 0 Å². The molecular weight excluding hydrogens is 224 g/mol. The molecule has 0 aliphatic rings. The summed E-state index contributed by atoms with van der Waals surface area (Å²) >= 11 is 0. The molecule has 1 heterocycles. The molecular formula is C15H20N2O. The summed E-state index contributed by atoms with van der Waals surface area (Å²) < 4.78 is 2.16. The van der Waals surface area contributed by atoms with Gasteiger partial charge < -0.3 is 9.67 Å². The Balaban J connectivity index is 2.26. The van der Waals surface area contributed by atoms with Crippen LogP contribution in [-0.2, 0) is 18.6 Å². The molecule has 0 bridgehead atoms. The summed E-state index contributed by atoms with van der Waals surface area (Å²) in [5.41, 5.74) is 2.17. The highest BCUT2D eigenvalue weighted by Gasteiger charge is 2.19. The fourth-order valence-corrected chi connectivity index (χ4v) is 2.10. The van der Waals surface area contributed by atoms with Crippen LogP contribution in [0.1, 0.15) is 37.7 Å². The van der Waals surface area contributed by atoms with Gasteiger partial charge in [0.05, 0.1) is 6.61 Å². The van der Waals surface area contributed by atoms with Crippen LogP contribution in [0.25, 0.3) is 0 Å². The second-order valence-electron chi connectivity index (χ2n) is 5.61. The first-order valence-corrected chi connectivity index (χ1v) is 6.21. The molecule has 0 unspecified atom stereocenters. The van der Waals surface area contributed by atoms with Gasteiger partial charge in [0.2, 0.25) is 0 Å². The van der Waals surface area contributed by atoms with Crippen LogP contribution in [0.4, 0.5) is 0 Å². The molecule has 3 heteroatoms. The molecule has 0 saturated heterocycles. The van der Waals surface area contributed by atoms with Crippen molar-refractivity contribution in [2.45, 2.75) is 39.3 Å². The predicted octanol–water partition coefficient (Wildman–Crippen LogP) is 2.72. The molecule has 0 fully saturated rings. The van der Waals surface area contributed by atoms with E-state index >= 15 is 0 Å². The van der Waals surface area contributed by atoms with E-state index in [1.165, 1.54) is 5.56 Å². The van der Waals surface area contributed by atoms with Gasteiger partial charge in [0.1, 0.15) is 5.82 Å². The van der Waals surface area contributed by atoms with Crippen LogP contribution >= 0.6 is 0 Å². The Hall–Kier alpha value is -1.61. The molecule has 18 heavy (non-hydrogen) atoms. The van der Waals surface area contributed by atoms with Gasteiger partial charge in [-0.3, -0.25) is 0 Å². The fraction of sp³-hybridized carbons (Fsp3) is 0.400. The average Bonchev–Trinajstić information content (AvgIpc) is 2.77. The summed E-state index contributed by atoms with van der Waals surface area (Å²) in [5.74, 6) is 1.08. The first-order chi connectivity index (χ1) is 8.50. The zero-order valence-corrected chi connectivity index (χ0v) is 11.2. The van der Waals surface area contributed by atoms with Crippen molar-refractivity contribution in [3.8, 4) is 0 Å². The Morgan fingerprint density at radius 2 is 1.94 bits per heavy atom. The van der Waals surface area contributed by atoms with Gasteiger partial charge in [0, 0.05) is 24.4 Å². The molecule has 1 aromatic carbocycles. The number of rotatable bonds is 3. The highest BCUT2D eigenvalue weighted by atomic mass is 16.3. The zero-order chi connectivity index (χ0) is 13.2. The maximum absolute atomic E-state index is 9.15. The fourth-order valence-electron chi connectivity index (χ4n) is 2.10. The summed E-state index contributed by atoms with van der Waals surface area (Å²) in [7, 11) is 0. The smallest absolute Gasteiger partial charge is 0.114 e. The van der Waals surface area contributed by atoms with Crippen LogP contribution in [0.5, 0.6) is 0 Å². The molecule has 0 saturated carbocycles. The van der Waals surface area contributed by atoms with E-state index in [0.29, 0.717) is 0 Å². The van der Waals surface area contributed by atoms with Gasteiger partial charge in [-0.1, -0.05) is 45.0 Å². The van der Waals surface area contributed by atoms with E-state index in [9.17, 15) is 0 Å². The maximum atomic E-state index is 9.15. The van der Waals surface area contributed by atoms with E-state index in [1.807, 2.05) is 30.6 Å². The Labute approximate surface area is 108 Å². The number of hydrogen-bond donors (Lipinski definition) is 1. The summed E-state index contributed by atoms with van der Waals surface area (Å²) in [6, 6.07) is 8.02. The Morgan fingerprint density at radius 1 is 1.22 bits per heavy atom. The van der Waals surface area contributed by atoms with Crippen LogP contribution in [0.15, 0.2) is 36.7 Å². The minimum absolute atomic E-state index is 0.0398. The monoisotopic (exact) mass is 244 g/mol. The van der Waals surface area contributed by atoms with E-state index in [2.05, 4.69) is 36.4 Å². The topological polar surface area (TPSA) is 38.0 Å². The van der Waals surface area contributed by atoms with Crippen molar-refractivity contribution in [2.24, 2.45) is 0 Å². The largest absolute Gasteiger partial charge is 0.392 e. The predicted molar refractivity (Wildman–Crippen MR) is 72.4 cm³/mol. The number of imidazole rings is 1. The van der Waals surface area contributed by atoms with Gasteiger partial charge in [-0.25, -0.2) is 4.98 Å². The van der Waals surface area contributed by atoms with Crippen molar-refractivity contribution in [1.29, 1.82) is 0 Å². The summed E-state index contributed by atoms with van der Waals surface area (Å²) in [5, 5.41) is 9.15. The lowest BCUT2D eigenvalue weighted by molar-refractivity contribution is 0.281. The highest BCUT2D eigenvalue weighted by molar-refractivity contribution is 5.23. The standard InChI is InChI=1S/C15H20N2O/c1-15(2,3)14-16-7-8-17(14)10-12-5-4-6-13(9-12)11-18/h4-9,18H,10-11H2,1-3H3. The van der Waals surface area contributed by atoms with Crippen molar-refractivity contribution in [1.82, 2.24) is 9.55 Å². The van der Waals surface area contributed by atoms with Gasteiger partial charge in [0.25, 0.3) is 0 Å². The number of hydrogen-bond acceptors (Lipinski definition) is 2. The molecule has 0 spiro atoms. The average molecular weight is 244 g/mol. The van der Waals surface area contributed by atoms with Crippen molar-refractivity contribution >= 4 is 0 Å². The van der Waals surface area contributed by atoms with Crippen LogP contribution < -0.4 is 0 Å². The van der Waals surface area contributed by atoms with Crippen LogP contribution in [0, 0.1) is 0 Å². The maximum Gasteiger partial charge on any atom is 0.114 e. The third-order valence-corrected chi connectivity index (χ3v) is 2.91. The second-order valence-corrected chi connectivity index (χ2v) is 5.61. The summed E-state index contributed by atoms with van der Waals surface area (Å²) in [6.07, 6.45) is 3.85. The SMILES string of the molecule is CC(C)(C)c1nccn1Cc1cccc(CO)c1. The lowest BCUT2D eigenvalue weighted by atomic mass is 9.95. The molecule has 0 aliphatic heterocycles. The van der Waals surface area contributed by atoms with E-state index < -0.39 is 0 Å². The molecule has 0 amide bonds. The number of aliphatic hydroxyl groups excluding tert-OH is 1. The first-order valence-electron chi connectivity index (χ1n) is 6.21. The first kappa shape index (κ1) is 12.8. The van der Waals surface area contributed by atoms with Crippen LogP contribution in [0.3, 0.4) is 0 Å². The molecule has 0 atom stereocenters. The summed E-state index contributed by atoms with van der Waals surface area (Å²) in [4.78, 5) is 4.44. The molecule has 0 aliphatic carbocycles. The van der Waals surface area contributed by atoms with Crippen LogP contribution in [-0.4, -0.2) is 14.7 Å². The molecule has 0 radical (unpaired) electrons. The van der Waals surface area contributed by atoms with Crippen molar-refractivity contribution in [3.05, 3.63) is 53.6 Å².